The minimum absolute atomic E-state index is 0. The number of nitrogens with zero attached hydrogens (tertiary/aromatic N) is 2. The van der Waals surface area contributed by atoms with Gasteiger partial charge in [0.15, 0.2) is 23.1 Å². The molecule has 0 bridgehead atoms. The molecule has 0 aromatic heterocycles. The van der Waals surface area contributed by atoms with Gasteiger partial charge in [0.05, 0.1) is 37.2 Å². The van der Waals surface area contributed by atoms with Crippen molar-refractivity contribution in [1.29, 1.82) is 0 Å². The first-order chi connectivity index (χ1) is 53.5. The van der Waals surface area contributed by atoms with Gasteiger partial charge in [0.2, 0.25) is 0 Å². The van der Waals surface area contributed by atoms with Crippen LogP contribution in [0, 0.1) is 0 Å². The van der Waals surface area contributed by atoms with Crippen LogP contribution in [0.3, 0.4) is 0 Å². The van der Waals surface area contributed by atoms with Crippen molar-refractivity contribution in [2.24, 2.45) is 9.98 Å². The minimum Gasteiger partial charge on any atom is -1.00 e. The molecule has 0 saturated heterocycles. The van der Waals surface area contributed by atoms with Crippen LogP contribution in [-0.2, 0) is 17.7 Å². The second-order valence-corrected chi connectivity index (χ2v) is 33.5. The first-order valence-electron chi connectivity index (χ1n) is 39.1. The van der Waals surface area contributed by atoms with E-state index in [0.717, 1.165) is 86.8 Å². The number of ketones is 1. The second kappa shape index (κ2) is 54.1. The van der Waals surface area contributed by atoms with Gasteiger partial charge in [-0.25, -0.2) is 0 Å². The molecule has 0 saturated carbocycles. The quantitative estimate of drug-likeness (QED) is 0.0305. The van der Waals surface area contributed by atoms with Crippen LogP contribution in [0.4, 0.5) is 21.8 Å². The number of methoxy groups -OCH3 is 3. The zero-order valence-electron chi connectivity index (χ0n) is 72.9. The Balaban J connectivity index is 0.000000726. The van der Waals surface area contributed by atoms with Crippen molar-refractivity contribution in [2.45, 2.75) is 180 Å². The summed E-state index contributed by atoms with van der Waals surface area (Å²) >= 11 is 10.1. The van der Waals surface area contributed by atoms with Gasteiger partial charge in [0.1, 0.15) is 17.2 Å². The molecule has 1 N–H and O–H groups in total. The van der Waals surface area contributed by atoms with Gasteiger partial charge in [-0.2, -0.15) is 0 Å². The predicted octanol–water partition coefficient (Wildman–Crippen LogP) is 25.1. The molecule has 10 rings (SSSR count). The summed E-state index contributed by atoms with van der Waals surface area (Å²) in [7, 11) is 2.30. The molecule has 18 heteroatoms. The fourth-order valence-electron chi connectivity index (χ4n) is 12.4. The first-order valence-corrected chi connectivity index (χ1v) is 43.1. The third kappa shape index (κ3) is 32.7. The third-order valence-electron chi connectivity index (χ3n) is 18.3. The van der Waals surface area contributed by atoms with Gasteiger partial charge in [-0.15, -0.1) is 0 Å². The van der Waals surface area contributed by atoms with Gasteiger partial charge in [-0.1, -0.05) is 279 Å². The molecule has 10 aromatic carbocycles. The largest absolute Gasteiger partial charge is 1.00 e. The van der Waals surface area contributed by atoms with Crippen LogP contribution in [-0.4, -0.2) is 91.4 Å². The van der Waals surface area contributed by atoms with Crippen molar-refractivity contribution < 1.29 is 61.7 Å². The molecule has 0 spiro atoms. The number of anilines is 1. The number of hydrogen-bond acceptors (Lipinski definition) is 11. The van der Waals surface area contributed by atoms with E-state index in [1.54, 1.807) is 34.3 Å². The molecular weight excluding hydrogens is 1660 g/mol. The summed E-state index contributed by atoms with van der Waals surface area (Å²) in [4.78, 5) is 20.9. The van der Waals surface area contributed by atoms with E-state index in [9.17, 15) is 4.79 Å². The monoisotopic (exact) mass is 1780 g/mol. The standard InChI is InChI=1S/C27H33NO.C27H31NO.C20H24BrN.C8H7BrO.C8H20O4Si.C7H7BrO.Al.FH.Li.4H/c2*1-18(2)23-14-10-15-24(19(3)4)27(23)28-20(5)21-11-9-12-22(17-21)25-13-7-8-16-26(25)29-6;1-13(2)18-10-7-11-19(14(3)4)20(18)22-15(5)16-8-6-9-17(21)12-16;1-6(10)7-3-2-4-8(9)5-7;1-5-9-13(10-6-2,11-7-3)12-8-4;1-9-7-5-3-2-4-6(7)8;;;;;;;/h7-20,28H,1-6H3;7-19H,1-6H3;6-14H,1-5H3;2-5H,1H3;5-8H2,1-4H3;2-5H,1H3;;1H;;;;;/q;;;;;;;;+1;;;;-1. The number of hydrogen-bond donors (Lipinski definition) is 1. The third-order valence-corrected chi connectivity index (χ3v) is 22.5. The van der Waals surface area contributed by atoms with E-state index >= 15 is 0 Å². The molecule has 0 aliphatic carbocycles. The van der Waals surface area contributed by atoms with Crippen molar-refractivity contribution in [2.75, 3.05) is 53.1 Å². The number of benzene rings is 10. The van der Waals surface area contributed by atoms with Crippen LogP contribution in [0.2, 0.25) is 0 Å². The van der Waals surface area contributed by atoms with Crippen LogP contribution < -0.4 is 38.4 Å². The number of para-hydroxylation sites is 6. The van der Waals surface area contributed by atoms with E-state index < -0.39 is 9.05 Å². The number of carbonyl (C=O) groups excluding carboxylic acids is 1. The molecule has 1 atom stereocenters. The van der Waals surface area contributed by atoms with Crippen molar-refractivity contribution in [3.63, 3.8) is 0 Å². The van der Waals surface area contributed by atoms with Crippen LogP contribution >= 0.6 is 47.8 Å². The number of ether oxygens (including phenoxy) is 3. The Kier molecular flexibility index (Phi) is 49.0. The van der Waals surface area contributed by atoms with Crippen molar-refractivity contribution >= 4 is 108 Å². The van der Waals surface area contributed by atoms with Gasteiger partial charge in [0.25, 0.3) is 0 Å². The summed E-state index contributed by atoms with van der Waals surface area (Å²) < 4.78 is 40.8. The van der Waals surface area contributed by atoms with Crippen LogP contribution in [0.1, 0.15) is 242 Å². The van der Waals surface area contributed by atoms with Gasteiger partial charge in [0, 0.05) is 75.2 Å². The topological polar surface area (TPSA) is 118 Å². The van der Waals surface area contributed by atoms with Gasteiger partial charge in [-0.3, -0.25) is 19.5 Å². The van der Waals surface area contributed by atoms with E-state index in [2.05, 4.69) is 296 Å². The van der Waals surface area contributed by atoms with Crippen LogP contribution in [0.15, 0.2) is 248 Å². The zero-order valence-corrected chi connectivity index (χ0v) is 77.7. The zero-order chi connectivity index (χ0) is 82.6. The average molecular weight is 1780 g/mol. The Bertz CT molecular complexity index is 4510. The molecule has 115 heavy (non-hydrogen) atoms. The number of rotatable bonds is 27. The fraction of sp³-hybridized carbons (Fsp3) is 0.351. The Morgan fingerprint density at radius 3 is 1.04 bits per heavy atom. The maximum absolute atomic E-state index is 10.8. The summed E-state index contributed by atoms with van der Waals surface area (Å²) in [6.45, 7) is 44.7. The molecular formula is C97H127AlBr3FLiN3O8Si. The number of aliphatic imine (C=N–C) groups is 2. The summed E-state index contributed by atoms with van der Waals surface area (Å²) in [6.07, 6.45) is 0. The number of halogens is 4. The van der Waals surface area contributed by atoms with E-state index in [1.807, 2.05) is 107 Å². The second-order valence-electron chi connectivity index (χ2n) is 28.6. The molecule has 0 fully saturated rings. The average Bonchev–Trinajstić information content (AvgIpc) is 0.812. The van der Waals surface area contributed by atoms with Crippen LogP contribution in [0.5, 0.6) is 17.2 Å². The SMILES string of the molecule is CC(=Nc1c(C(C)C)cccc1C(C)C)c1cccc(Br)c1.CC(=O)c1cccc(Br)c1.CCO[Si](OCC)(OCC)OCC.COc1ccccc1-c1cccc(C(C)=Nc2c(C(C)C)cccc2C(C)C)c1.COc1ccccc1-c1cccc(C(C)Nc2c(C(C)C)cccc2C(C)C)c1.COc1ccccc1Br.F.[AlH3].[H-].[Li+]. The Morgan fingerprint density at radius 2 is 0.704 bits per heavy atom. The summed E-state index contributed by atoms with van der Waals surface area (Å²) in [5.74, 6) is 5.50. The van der Waals surface area contributed by atoms with Crippen molar-refractivity contribution in [3.8, 4) is 39.5 Å². The van der Waals surface area contributed by atoms with E-state index in [4.69, 9.17) is 41.9 Å². The van der Waals surface area contributed by atoms with Crippen molar-refractivity contribution in [1.82, 2.24) is 0 Å². The van der Waals surface area contributed by atoms with E-state index in [0.29, 0.717) is 61.9 Å². The molecule has 0 aliphatic rings. The molecule has 614 valence electrons. The summed E-state index contributed by atoms with van der Waals surface area (Å²) in [6, 6.07) is 77.0. The van der Waals surface area contributed by atoms with E-state index in [1.165, 1.54) is 50.2 Å². The predicted molar refractivity (Wildman–Crippen MR) is 501 cm³/mol. The first kappa shape index (κ1) is 104. The molecule has 1 unspecified atom stereocenters. The maximum atomic E-state index is 10.8. The fourth-order valence-corrected chi connectivity index (χ4v) is 15.6. The molecule has 0 heterocycles. The number of carbonyl (C=O) groups is 1. The smallest absolute Gasteiger partial charge is 1.00 e. The Hall–Kier alpha value is -7.03. The minimum atomic E-state index is -2.80. The molecule has 0 radical (unpaired) electrons. The number of nitrogens with one attached hydrogen (secondary N) is 1. The van der Waals surface area contributed by atoms with Gasteiger partial charge >= 0.3 is 27.9 Å². The number of Topliss-reactive ketones (excluding diaryl/α,β-unsaturated/α-hetero) is 1. The molecule has 0 amide bonds. The Morgan fingerprint density at radius 1 is 0.391 bits per heavy atom. The summed E-state index contributed by atoms with van der Waals surface area (Å²) in [5, 5.41) is 3.83. The Labute approximate surface area is 740 Å². The van der Waals surface area contributed by atoms with Crippen molar-refractivity contribution in [3.05, 3.63) is 294 Å². The maximum Gasteiger partial charge on any atom is 1.00 e. The molecule has 0 aliphatic heterocycles. The van der Waals surface area contributed by atoms with Crippen LogP contribution in [0.25, 0.3) is 22.3 Å². The van der Waals surface area contributed by atoms with E-state index in [-0.39, 0.29) is 54.2 Å². The molecule has 11 nitrogen and oxygen atoms in total. The summed E-state index contributed by atoms with van der Waals surface area (Å²) in [5.41, 5.74) is 22.4. The van der Waals surface area contributed by atoms with Gasteiger partial charge in [-0.05, 0) is 229 Å². The normalized spacial score (nSPS) is 11.3. The van der Waals surface area contributed by atoms with Gasteiger partial charge < -0.3 is 38.7 Å². The molecule has 10 aromatic rings.